The lowest BCUT2D eigenvalue weighted by Gasteiger charge is -2.11. The Kier molecular flexibility index (Phi) is 6.02. The van der Waals surface area contributed by atoms with E-state index in [1.807, 2.05) is 84.1 Å². The lowest BCUT2D eigenvalue weighted by Crippen LogP contribution is -2.24. The molecule has 0 aliphatic rings. The van der Waals surface area contributed by atoms with E-state index in [4.69, 9.17) is 0 Å². The van der Waals surface area contributed by atoms with Crippen LogP contribution in [-0.2, 0) is 13.0 Å². The average molecular weight is 469 g/mol. The highest BCUT2D eigenvalue weighted by atomic mass is 32.2. The molecule has 0 N–H and O–H groups in total. The van der Waals surface area contributed by atoms with Crippen molar-refractivity contribution in [1.82, 2.24) is 19.2 Å². The van der Waals surface area contributed by atoms with Crippen LogP contribution in [0.5, 0.6) is 0 Å². The summed E-state index contributed by atoms with van der Waals surface area (Å²) in [5.41, 5.74) is 4.67. The number of nitrogens with zero attached hydrogens (tertiary/aromatic N) is 4. The fourth-order valence-electron chi connectivity index (χ4n) is 3.99. The largest absolute Gasteiger partial charge is 0.293 e. The molecule has 0 fully saturated rings. The van der Waals surface area contributed by atoms with Gasteiger partial charge in [-0.05, 0) is 36.6 Å². The monoisotopic (exact) mass is 468 g/mol. The molecule has 0 aliphatic carbocycles. The standard InChI is InChI=1S/C27H24N4O2S/c1-3-19-12-14-21(15-13-19)24(32)17-34-27-29-28-26-30(16-20-10-8-18(2)9-11-20)25(33)22-6-4-5-7-23(22)31(26)27/h4-15H,3,16-17H2,1-2H3. The number of aryl methyl sites for hydroxylation is 2. The van der Waals surface area contributed by atoms with E-state index in [-0.39, 0.29) is 17.1 Å². The predicted molar refractivity (Wildman–Crippen MR) is 136 cm³/mol. The number of carbonyl (C=O) groups excluding carboxylic acids is 1. The van der Waals surface area contributed by atoms with Gasteiger partial charge in [-0.15, -0.1) is 10.2 Å². The van der Waals surface area contributed by atoms with Crippen molar-refractivity contribution >= 4 is 34.2 Å². The van der Waals surface area contributed by atoms with Crippen molar-refractivity contribution in [3.05, 3.63) is 105 Å². The molecule has 34 heavy (non-hydrogen) atoms. The molecule has 2 aromatic heterocycles. The predicted octanol–water partition coefficient (Wildman–Crippen LogP) is 4.94. The van der Waals surface area contributed by atoms with Crippen LogP contribution in [0.4, 0.5) is 0 Å². The zero-order valence-corrected chi connectivity index (χ0v) is 19.9. The summed E-state index contributed by atoms with van der Waals surface area (Å²) in [6.07, 6.45) is 0.937. The molecule has 0 atom stereocenters. The van der Waals surface area contributed by atoms with Crippen molar-refractivity contribution < 1.29 is 4.79 Å². The molecule has 170 valence electrons. The number of rotatable bonds is 7. The molecule has 2 heterocycles. The molecule has 0 spiro atoms. The zero-order chi connectivity index (χ0) is 23.7. The van der Waals surface area contributed by atoms with Crippen LogP contribution in [0.3, 0.4) is 0 Å². The Hall–Kier alpha value is -3.71. The summed E-state index contributed by atoms with van der Waals surface area (Å²) >= 11 is 1.33. The van der Waals surface area contributed by atoms with Crippen molar-refractivity contribution in [3.63, 3.8) is 0 Å². The van der Waals surface area contributed by atoms with E-state index < -0.39 is 0 Å². The third-order valence-corrected chi connectivity index (χ3v) is 6.88. The summed E-state index contributed by atoms with van der Waals surface area (Å²) in [4.78, 5) is 26.1. The molecular formula is C27H24N4O2S. The highest BCUT2D eigenvalue weighted by molar-refractivity contribution is 7.99. The number of hydrogen-bond donors (Lipinski definition) is 0. The number of benzene rings is 3. The molecule has 0 aliphatic heterocycles. The molecule has 0 radical (unpaired) electrons. The second-order valence-corrected chi connectivity index (χ2v) is 9.22. The first-order chi connectivity index (χ1) is 16.5. The van der Waals surface area contributed by atoms with Crippen molar-refractivity contribution in [1.29, 1.82) is 0 Å². The first kappa shape index (κ1) is 22.1. The van der Waals surface area contributed by atoms with Gasteiger partial charge in [-0.3, -0.25) is 18.6 Å². The molecule has 0 saturated heterocycles. The van der Waals surface area contributed by atoms with Gasteiger partial charge in [-0.1, -0.05) is 84.9 Å². The number of ketones is 1. The number of fused-ring (bicyclic) bond motifs is 3. The maximum atomic E-state index is 13.3. The van der Waals surface area contributed by atoms with Crippen LogP contribution >= 0.6 is 11.8 Å². The van der Waals surface area contributed by atoms with Crippen molar-refractivity contribution in [3.8, 4) is 0 Å². The topological polar surface area (TPSA) is 69.3 Å². The van der Waals surface area contributed by atoms with Crippen LogP contribution in [0, 0.1) is 6.92 Å². The lowest BCUT2D eigenvalue weighted by molar-refractivity contribution is 0.102. The van der Waals surface area contributed by atoms with Gasteiger partial charge >= 0.3 is 0 Å². The summed E-state index contributed by atoms with van der Waals surface area (Å²) < 4.78 is 3.53. The maximum absolute atomic E-state index is 13.3. The summed E-state index contributed by atoms with van der Waals surface area (Å²) in [7, 11) is 0. The van der Waals surface area contributed by atoms with Crippen LogP contribution < -0.4 is 5.56 Å². The second-order valence-electron chi connectivity index (χ2n) is 8.27. The van der Waals surface area contributed by atoms with Crippen LogP contribution in [-0.4, -0.2) is 30.7 Å². The Morgan fingerprint density at radius 2 is 1.62 bits per heavy atom. The summed E-state index contributed by atoms with van der Waals surface area (Å²) in [5, 5.41) is 9.89. The Morgan fingerprint density at radius 3 is 2.35 bits per heavy atom. The number of aromatic nitrogens is 4. The summed E-state index contributed by atoms with van der Waals surface area (Å²) in [6, 6.07) is 23.3. The van der Waals surface area contributed by atoms with E-state index >= 15 is 0 Å². The molecule has 3 aromatic carbocycles. The van der Waals surface area contributed by atoms with Crippen molar-refractivity contribution in [2.24, 2.45) is 0 Å². The maximum Gasteiger partial charge on any atom is 0.263 e. The Labute approximate surface area is 201 Å². The summed E-state index contributed by atoms with van der Waals surface area (Å²) in [5.74, 6) is 0.728. The number of Topliss-reactive ketones (excluding diaryl/α,β-unsaturated/α-hetero) is 1. The molecule has 0 bridgehead atoms. The highest BCUT2D eigenvalue weighted by Gasteiger charge is 2.18. The Morgan fingerprint density at radius 1 is 0.912 bits per heavy atom. The molecule has 0 unspecified atom stereocenters. The number of thioether (sulfide) groups is 1. The highest BCUT2D eigenvalue weighted by Crippen LogP contribution is 2.23. The number of carbonyl (C=O) groups is 1. The fraction of sp³-hybridized carbons (Fsp3) is 0.185. The smallest absolute Gasteiger partial charge is 0.263 e. The number of hydrogen-bond acceptors (Lipinski definition) is 5. The van der Waals surface area contributed by atoms with Gasteiger partial charge in [0.15, 0.2) is 10.9 Å². The van der Waals surface area contributed by atoms with Gasteiger partial charge in [0.05, 0.1) is 23.2 Å². The Balaban J connectivity index is 1.53. The van der Waals surface area contributed by atoms with Gasteiger partial charge in [-0.2, -0.15) is 0 Å². The van der Waals surface area contributed by atoms with Crippen LogP contribution in [0.25, 0.3) is 16.7 Å². The van der Waals surface area contributed by atoms with E-state index in [9.17, 15) is 9.59 Å². The minimum Gasteiger partial charge on any atom is -0.293 e. The van der Waals surface area contributed by atoms with Crippen molar-refractivity contribution in [2.75, 3.05) is 5.75 Å². The third kappa shape index (κ3) is 4.15. The van der Waals surface area contributed by atoms with Crippen LogP contribution in [0.1, 0.15) is 34.0 Å². The van der Waals surface area contributed by atoms with Gasteiger partial charge in [0.1, 0.15) is 0 Å². The molecule has 7 heteroatoms. The number of para-hydroxylation sites is 1. The average Bonchev–Trinajstić information content (AvgIpc) is 3.30. The van der Waals surface area contributed by atoms with Gasteiger partial charge in [0.2, 0.25) is 5.78 Å². The first-order valence-corrected chi connectivity index (χ1v) is 12.2. The molecule has 5 rings (SSSR count). The zero-order valence-electron chi connectivity index (χ0n) is 19.1. The molecule has 6 nitrogen and oxygen atoms in total. The minimum absolute atomic E-state index is 0.0293. The van der Waals surface area contributed by atoms with Gasteiger partial charge < -0.3 is 0 Å². The van der Waals surface area contributed by atoms with Crippen LogP contribution in [0.2, 0.25) is 0 Å². The fourth-order valence-corrected chi connectivity index (χ4v) is 4.82. The van der Waals surface area contributed by atoms with Gasteiger partial charge in [0, 0.05) is 5.56 Å². The van der Waals surface area contributed by atoms with E-state index in [1.54, 1.807) is 4.57 Å². The quantitative estimate of drug-likeness (QED) is 0.250. The normalized spacial score (nSPS) is 11.4. The lowest BCUT2D eigenvalue weighted by atomic mass is 10.1. The summed E-state index contributed by atoms with van der Waals surface area (Å²) in [6.45, 7) is 4.51. The van der Waals surface area contributed by atoms with E-state index in [2.05, 4.69) is 17.1 Å². The SMILES string of the molecule is CCc1ccc(C(=O)CSc2nnc3n(Cc4ccc(C)cc4)c(=O)c4ccccc4n23)cc1. The third-order valence-electron chi connectivity index (χ3n) is 5.96. The van der Waals surface area contributed by atoms with E-state index in [0.717, 1.165) is 23.1 Å². The van der Waals surface area contributed by atoms with Gasteiger partial charge in [-0.25, -0.2) is 0 Å². The van der Waals surface area contributed by atoms with Crippen LogP contribution in [0.15, 0.2) is 82.7 Å². The second kappa shape index (κ2) is 9.27. The van der Waals surface area contributed by atoms with Gasteiger partial charge in [0.25, 0.3) is 5.56 Å². The van der Waals surface area contributed by atoms with Crippen molar-refractivity contribution in [2.45, 2.75) is 32.0 Å². The minimum atomic E-state index is -0.111. The Bertz CT molecular complexity index is 1550. The van der Waals surface area contributed by atoms with E-state index in [1.165, 1.54) is 17.3 Å². The molecule has 0 amide bonds. The molecular weight excluding hydrogens is 444 g/mol. The van der Waals surface area contributed by atoms with E-state index in [0.29, 0.717) is 28.4 Å². The first-order valence-electron chi connectivity index (χ1n) is 11.2. The molecule has 0 saturated carbocycles. The molecule has 5 aromatic rings.